The van der Waals surface area contributed by atoms with Crippen LogP contribution in [0.3, 0.4) is 0 Å². The third kappa shape index (κ3) is 4.51. The van der Waals surface area contributed by atoms with Crippen LogP contribution in [0.25, 0.3) is 0 Å². The van der Waals surface area contributed by atoms with Gasteiger partial charge < -0.3 is 10.2 Å². The van der Waals surface area contributed by atoms with Gasteiger partial charge in [-0.05, 0) is 30.4 Å². The molecule has 2 atom stereocenters. The molecule has 1 fully saturated rings. The number of likely N-dealkylation sites (tertiary alicyclic amines) is 1. The number of carbonyl (C=O) groups is 2. The first kappa shape index (κ1) is 18.2. The first-order chi connectivity index (χ1) is 12.6. The molecule has 4 nitrogen and oxygen atoms in total. The lowest BCUT2D eigenvalue weighted by atomic mass is 9.99. The molecule has 0 bridgehead atoms. The van der Waals surface area contributed by atoms with E-state index in [4.69, 9.17) is 0 Å². The number of hydrogen-bond acceptors (Lipinski definition) is 2. The summed E-state index contributed by atoms with van der Waals surface area (Å²) >= 11 is 0. The molecule has 1 aliphatic heterocycles. The van der Waals surface area contributed by atoms with Crippen molar-refractivity contribution >= 4 is 11.8 Å². The molecule has 4 heteroatoms. The van der Waals surface area contributed by atoms with E-state index in [1.807, 2.05) is 72.5 Å². The van der Waals surface area contributed by atoms with Crippen LogP contribution >= 0.6 is 0 Å². The van der Waals surface area contributed by atoms with E-state index in [0.717, 1.165) is 37.1 Å². The first-order valence-corrected chi connectivity index (χ1v) is 9.33. The second-order valence-corrected chi connectivity index (χ2v) is 6.98. The Morgan fingerprint density at radius 2 is 1.54 bits per heavy atom. The summed E-state index contributed by atoms with van der Waals surface area (Å²) in [6.07, 6.45) is 2.73. The normalized spacial score (nSPS) is 16.1. The van der Waals surface area contributed by atoms with E-state index < -0.39 is 6.04 Å². The molecule has 2 aromatic rings. The molecule has 0 aromatic heterocycles. The molecule has 1 heterocycles. The zero-order valence-corrected chi connectivity index (χ0v) is 15.2. The maximum atomic E-state index is 13.0. The molecule has 1 N–H and O–H groups in total. The van der Waals surface area contributed by atoms with E-state index >= 15 is 0 Å². The van der Waals surface area contributed by atoms with Gasteiger partial charge in [-0.3, -0.25) is 9.59 Å². The Balaban J connectivity index is 1.72. The highest BCUT2D eigenvalue weighted by molar-refractivity contribution is 5.89. The molecule has 0 saturated carbocycles. The molecule has 0 aliphatic carbocycles. The Morgan fingerprint density at radius 3 is 2.15 bits per heavy atom. The SMILES string of the molecule is CC(Cc1ccccc1)C(=O)N[C@H](C(=O)N1CCCC1)c1ccccc1. The van der Waals surface area contributed by atoms with E-state index in [2.05, 4.69) is 5.32 Å². The Kier molecular flexibility index (Phi) is 6.05. The van der Waals surface area contributed by atoms with Crippen LogP contribution in [0.4, 0.5) is 0 Å². The van der Waals surface area contributed by atoms with Crippen molar-refractivity contribution in [3.8, 4) is 0 Å². The second-order valence-electron chi connectivity index (χ2n) is 6.98. The highest BCUT2D eigenvalue weighted by Gasteiger charge is 2.30. The average molecular weight is 350 g/mol. The predicted molar refractivity (Wildman–Crippen MR) is 102 cm³/mol. The zero-order valence-electron chi connectivity index (χ0n) is 15.2. The number of carbonyl (C=O) groups excluding carboxylic acids is 2. The monoisotopic (exact) mass is 350 g/mol. The van der Waals surface area contributed by atoms with Crippen LogP contribution in [0.2, 0.25) is 0 Å². The van der Waals surface area contributed by atoms with E-state index in [1.54, 1.807) is 0 Å². The standard InChI is InChI=1S/C22H26N2O2/c1-17(16-18-10-4-2-5-11-18)21(25)23-20(19-12-6-3-7-13-19)22(26)24-14-8-9-15-24/h2-7,10-13,17,20H,8-9,14-16H2,1H3,(H,23,25)/t17?,20-/m0/s1. The van der Waals surface area contributed by atoms with Gasteiger partial charge in [-0.2, -0.15) is 0 Å². The molecule has 1 saturated heterocycles. The van der Waals surface area contributed by atoms with Crippen molar-refractivity contribution < 1.29 is 9.59 Å². The third-order valence-corrected chi connectivity index (χ3v) is 4.92. The number of nitrogens with one attached hydrogen (secondary N) is 1. The van der Waals surface area contributed by atoms with Crippen LogP contribution in [0.1, 0.15) is 36.9 Å². The fraction of sp³-hybridized carbons (Fsp3) is 0.364. The summed E-state index contributed by atoms with van der Waals surface area (Å²) in [4.78, 5) is 27.6. The largest absolute Gasteiger partial charge is 0.341 e. The maximum absolute atomic E-state index is 13.0. The lowest BCUT2D eigenvalue weighted by molar-refractivity contribution is -0.136. The minimum atomic E-state index is -0.611. The van der Waals surface area contributed by atoms with Gasteiger partial charge in [0.05, 0.1) is 0 Å². The van der Waals surface area contributed by atoms with Crippen molar-refractivity contribution in [2.45, 2.75) is 32.2 Å². The zero-order chi connectivity index (χ0) is 18.4. The lowest BCUT2D eigenvalue weighted by Crippen LogP contribution is -2.43. The van der Waals surface area contributed by atoms with Crippen LogP contribution < -0.4 is 5.32 Å². The van der Waals surface area contributed by atoms with Crippen molar-refractivity contribution in [1.82, 2.24) is 10.2 Å². The summed E-state index contributed by atoms with van der Waals surface area (Å²) in [6, 6.07) is 18.9. The van der Waals surface area contributed by atoms with Crippen molar-refractivity contribution in [3.63, 3.8) is 0 Å². The molecule has 2 amide bonds. The summed E-state index contributed by atoms with van der Waals surface area (Å²) in [5.41, 5.74) is 1.96. The van der Waals surface area contributed by atoms with Gasteiger partial charge in [0.1, 0.15) is 6.04 Å². The van der Waals surface area contributed by atoms with Gasteiger partial charge in [-0.25, -0.2) is 0 Å². The van der Waals surface area contributed by atoms with Crippen LogP contribution in [0, 0.1) is 5.92 Å². The Bertz CT molecular complexity index is 724. The fourth-order valence-corrected chi connectivity index (χ4v) is 3.40. The minimum Gasteiger partial charge on any atom is -0.341 e. The Labute approximate surface area is 155 Å². The summed E-state index contributed by atoms with van der Waals surface area (Å²) in [5, 5.41) is 3.00. The summed E-state index contributed by atoms with van der Waals surface area (Å²) < 4.78 is 0. The minimum absolute atomic E-state index is 0.00559. The van der Waals surface area contributed by atoms with Gasteiger partial charge in [0.2, 0.25) is 11.8 Å². The van der Waals surface area contributed by atoms with Crippen molar-refractivity contribution in [2.24, 2.45) is 5.92 Å². The highest BCUT2D eigenvalue weighted by atomic mass is 16.2. The van der Waals surface area contributed by atoms with Crippen LogP contribution in [-0.4, -0.2) is 29.8 Å². The topological polar surface area (TPSA) is 49.4 Å². The second kappa shape index (κ2) is 8.65. The van der Waals surface area contributed by atoms with Crippen LogP contribution in [0.15, 0.2) is 60.7 Å². The molecule has 0 spiro atoms. The van der Waals surface area contributed by atoms with Crippen LogP contribution in [0.5, 0.6) is 0 Å². The van der Waals surface area contributed by atoms with Gasteiger partial charge >= 0.3 is 0 Å². The molecule has 1 unspecified atom stereocenters. The predicted octanol–water partition coefficient (Wildman–Crippen LogP) is 3.35. The summed E-state index contributed by atoms with van der Waals surface area (Å²) in [5.74, 6) is -0.292. The number of rotatable bonds is 6. The summed E-state index contributed by atoms with van der Waals surface area (Å²) in [7, 11) is 0. The maximum Gasteiger partial charge on any atom is 0.249 e. The molecule has 26 heavy (non-hydrogen) atoms. The van der Waals surface area contributed by atoms with Crippen LogP contribution in [-0.2, 0) is 16.0 Å². The highest BCUT2D eigenvalue weighted by Crippen LogP contribution is 2.20. The molecular weight excluding hydrogens is 324 g/mol. The van der Waals surface area contributed by atoms with Gasteiger partial charge in [0.15, 0.2) is 0 Å². The Hall–Kier alpha value is -2.62. The van der Waals surface area contributed by atoms with Crippen molar-refractivity contribution in [3.05, 3.63) is 71.8 Å². The summed E-state index contributed by atoms with van der Waals surface area (Å²) in [6.45, 7) is 3.46. The molecule has 2 aromatic carbocycles. The number of benzene rings is 2. The van der Waals surface area contributed by atoms with Crippen molar-refractivity contribution in [1.29, 1.82) is 0 Å². The van der Waals surface area contributed by atoms with E-state index in [9.17, 15) is 9.59 Å². The molecule has 3 rings (SSSR count). The van der Waals surface area contributed by atoms with E-state index in [0.29, 0.717) is 6.42 Å². The van der Waals surface area contributed by atoms with E-state index in [1.165, 1.54) is 0 Å². The lowest BCUT2D eigenvalue weighted by Gasteiger charge is -2.25. The first-order valence-electron chi connectivity index (χ1n) is 9.33. The van der Waals surface area contributed by atoms with Gasteiger partial charge in [0, 0.05) is 19.0 Å². The molecule has 0 radical (unpaired) electrons. The van der Waals surface area contributed by atoms with Gasteiger partial charge in [-0.1, -0.05) is 67.6 Å². The van der Waals surface area contributed by atoms with Gasteiger partial charge in [-0.15, -0.1) is 0 Å². The Morgan fingerprint density at radius 1 is 0.962 bits per heavy atom. The molecular formula is C22H26N2O2. The number of hydrogen-bond donors (Lipinski definition) is 1. The third-order valence-electron chi connectivity index (χ3n) is 4.92. The fourth-order valence-electron chi connectivity index (χ4n) is 3.40. The number of nitrogens with zero attached hydrogens (tertiary/aromatic N) is 1. The van der Waals surface area contributed by atoms with Gasteiger partial charge in [0.25, 0.3) is 0 Å². The average Bonchev–Trinajstić information content (AvgIpc) is 3.21. The smallest absolute Gasteiger partial charge is 0.249 e. The van der Waals surface area contributed by atoms with Crippen molar-refractivity contribution in [2.75, 3.05) is 13.1 Å². The molecule has 1 aliphatic rings. The number of amides is 2. The quantitative estimate of drug-likeness (QED) is 0.869. The molecule has 136 valence electrons. The van der Waals surface area contributed by atoms with E-state index in [-0.39, 0.29) is 17.7 Å².